The van der Waals surface area contributed by atoms with Crippen molar-refractivity contribution < 1.29 is 9.18 Å². The molecular weight excluding hydrogens is 311 g/mol. The highest BCUT2D eigenvalue weighted by molar-refractivity contribution is 7.18. The van der Waals surface area contributed by atoms with E-state index in [1.165, 1.54) is 6.07 Å². The van der Waals surface area contributed by atoms with Gasteiger partial charge in [-0.1, -0.05) is 18.2 Å². The molecule has 0 spiro atoms. The third-order valence-electron chi connectivity index (χ3n) is 3.99. The van der Waals surface area contributed by atoms with E-state index in [1.807, 2.05) is 31.2 Å². The zero-order chi connectivity index (χ0) is 16.6. The molecule has 3 aromatic rings. The number of amides is 1. The Morgan fingerprint density at radius 1 is 1.26 bits per heavy atom. The van der Waals surface area contributed by atoms with Gasteiger partial charge in [-0.2, -0.15) is 0 Å². The summed E-state index contributed by atoms with van der Waals surface area (Å²) in [5, 5.41) is 0.870. The number of carbonyl (C=O) groups excluding carboxylic acids is 1. The first-order valence-corrected chi connectivity index (χ1v) is 8.18. The number of para-hydroxylation sites is 1. The highest BCUT2D eigenvalue weighted by Crippen LogP contribution is 2.29. The Morgan fingerprint density at radius 3 is 2.70 bits per heavy atom. The van der Waals surface area contributed by atoms with E-state index in [0.29, 0.717) is 11.1 Å². The molecule has 1 aromatic heterocycles. The molecule has 0 N–H and O–H groups in total. The van der Waals surface area contributed by atoms with Crippen LogP contribution in [0.15, 0.2) is 42.5 Å². The number of aryl methyl sites for hydroxylation is 1. The number of carbonyl (C=O) groups is 1. The number of fused-ring (bicyclic) bond motifs is 1. The molecule has 23 heavy (non-hydrogen) atoms. The van der Waals surface area contributed by atoms with E-state index in [-0.39, 0.29) is 17.8 Å². The summed E-state index contributed by atoms with van der Waals surface area (Å²) in [5.41, 5.74) is 1.81. The molecular formula is C18H17FN2OS. The van der Waals surface area contributed by atoms with E-state index < -0.39 is 0 Å². The lowest BCUT2D eigenvalue weighted by Gasteiger charge is -2.23. The van der Waals surface area contributed by atoms with Gasteiger partial charge in [0, 0.05) is 12.6 Å². The van der Waals surface area contributed by atoms with Crippen LogP contribution in [0.2, 0.25) is 0 Å². The quantitative estimate of drug-likeness (QED) is 0.705. The van der Waals surface area contributed by atoms with Crippen LogP contribution in [0.25, 0.3) is 10.2 Å². The summed E-state index contributed by atoms with van der Waals surface area (Å²) in [7, 11) is 1.72. The van der Waals surface area contributed by atoms with E-state index >= 15 is 0 Å². The van der Waals surface area contributed by atoms with Gasteiger partial charge < -0.3 is 4.90 Å². The van der Waals surface area contributed by atoms with Gasteiger partial charge in [0.15, 0.2) is 0 Å². The normalized spacial score (nSPS) is 12.3. The second-order valence-corrected chi connectivity index (χ2v) is 6.64. The maximum Gasteiger partial charge on any atom is 0.254 e. The second kappa shape index (κ2) is 6.08. The first-order chi connectivity index (χ1) is 11.0. The molecule has 118 valence electrons. The fourth-order valence-electron chi connectivity index (χ4n) is 2.34. The average molecular weight is 328 g/mol. The predicted molar refractivity (Wildman–Crippen MR) is 91.3 cm³/mol. The smallest absolute Gasteiger partial charge is 0.254 e. The molecule has 0 aliphatic rings. The van der Waals surface area contributed by atoms with Crippen LogP contribution >= 0.6 is 11.3 Å². The molecule has 1 amide bonds. The molecule has 2 aromatic carbocycles. The van der Waals surface area contributed by atoms with Gasteiger partial charge in [0.1, 0.15) is 10.8 Å². The largest absolute Gasteiger partial charge is 0.333 e. The minimum atomic E-state index is -0.364. The lowest BCUT2D eigenvalue weighted by atomic mass is 10.1. The van der Waals surface area contributed by atoms with Crippen molar-refractivity contribution in [2.75, 3.05) is 7.05 Å². The molecule has 3 rings (SSSR count). The van der Waals surface area contributed by atoms with Gasteiger partial charge in [0.05, 0.1) is 16.3 Å². The Labute approximate surface area is 138 Å². The van der Waals surface area contributed by atoms with Crippen molar-refractivity contribution in [3.63, 3.8) is 0 Å². The lowest BCUT2D eigenvalue weighted by molar-refractivity contribution is 0.0742. The summed E-state index contributed by atoms with van der Waals surface area (Å²) in [4.78, 5) is 18.8. The number of nitrogens with zero attached hydrogens (tertiary/aromatic N) is 2. The Balaban J connectivity index is 1.87. The molecule has 0 radical (unpaired) electrons. The molecule has 0 fully saturated rings. The maximum atomic E-state index is 13.7. The van der Waals surface area contributed by atoms with Gasteiger partial charge in [0.2, 0.25) is 0 Å². The molecule has 0 aliphatic heterocycles. The zero-order valence-corrected chi connectivity index (χ0v) is 14.0. The van der Waals surface area contributed by atoms with Gasteiger partial charge in [-0.15, -0.1) is 11.3 Å². The molecule has 1 atom stereocenters. The molecule has 0 saturated heterocycles. The Bertz CT molecular complexity index is 841. The van der Waals surface area contributed by atoms with Crippen LogP contribution in [0.3, 0.4) is 0 Å². The summed E-state index contributed by atoms with van der Waals surface area (Å²) in [6.45, 7) is 3.61. The zero-order valence-electron chi connectivity index (χ0n) is 13.2. The van der Waals surface area contributed by atoms with Crippen molar-refractivity contribution in [1.29, 1.82) is 0 Å². The number of benzene rings is 2. The fraction of sp³-hybridized carbons (Fsp3) is 0.222. The second-order valence-electron chi connectivity index (χ2n) is 5.58. The van der Waals surface area contributed by atoms with E-state index in [0.717, 1.165) is 15.2 Å². The van der Waals surface area contributed by atoms with Gasteiger partial charge in [0.25, 0.3) is 5.91 Å². The van der Waals surface area contributed by atoms with Gasteiger partial charge in [-0.25, -0.2) is 9.37 Å². The van der Waals surface area contributed by atoms with Crippen LogP contribution < -0.4 is 0 Å². The number of rotatable bonds is 3. The third-order valence-corrected chi connectivity index (χ3v) is 5.19. The minimum Gasteiger partial charge on any atom is -0.333 e. The molecule has 0 saturated carbocycles. The first-order valence-electron chi connectivity index (χ1n) is 7.36. The number of thiazole rings is 1. The first kappa shape index (κ1) is 15.6. The Morgan fingerprint density at radius 2 is 2.00 bits per heavy atom. The minimum absolute atomic E-state index is 0.177. The predicted octanol–water partition coefficient (Wildman–Crippen LogP) is 4.58. The maximum absolute atomic E-state index is 13.7. The van der Waals surface area contributed by atoms with Crippen molar-refractivity contribution >= 4 is 27.5 Å². The highest BCUT2D eigenvalue weighted by Gasteiger charge is 2.22. The van der Waals surface area contributed by atoms with E-state index in [1.54, 1.807) is 42.3 Å². The van der Waals surface area contributed by atoms with Crippen LogP contribution in [-0.4, -0.2) is 22.8 Å². The van der Waals surface area contributed by atoms with Gasteiger partial charge >= 0.3 is 0 Å². The number of hydrogen-bond donors (Lipinski definition) is 0. The van der Waals surface area contributed by atoms with Crippen molar-refractivity contribution in [3.05, 3.63) is 64.4 Å². The monoisotopic (exact) mass is 328 g/mol. The lowest BCUT2D eigenvalue weighted by Crippen LogP contribution is -2.29. The number of halogens is 1. The molecule has 0 aliphatic carbocycles. The SMILES string of the molecule is Cc1ccc(C(=O)N(C)C(C)c2nc3ccccc3s2)cc1F. The van der Waals surface area contributed by atoms with Crippen LogP contribution in [0.1, 0.15) is 33.9 Å². The summed E-state index contributed by atoms with van der Waals surface area (Å²) >= 11 is 1.57. The van der Waals surface area contributed by atoms with Gasteiger partial charge in [-0.3, -0.25) is 4.79 Å². The molecule has 1 heterocycles. The number of hydrogen-bond acceptors (Lipinski definition) is 3. The van der Waals surface area contributed by atoms with E-state index in [2.05, 4.69) is 4.98 Å². The Kier molecular flexibility index (Phi) is 4.13. The molecule has 3 nitrogen and oxygen atoms in total. The standard InChI is InChI=1S/C18H17FN2OS/c1-11-8-9-13(10-14(11)19)18(22)21(3)12(2)17-20-15-6-4-5-7-16(15)23-17/h4-10,12H,1-3H3. The van der Waals surface area contributed by atoms with Crippen molar-refractivity contribution in [3.8, 4) is 0 Å². The van der Waals surface area contributed by atoms with Crippen LogP contribution in [0.4, 0.5) is 4.39 Å². The summed E-state index contributed by atoms with van der Waals surface area (Å²) in [5.74, 6) is -0.576. The van der Waals surface area contributed by atoms with Crippen molar-refractivity contribution in [2.24, 2.45) is 0 Å². The van der Waals surface area contributed by atoms with Crippen LogP contribution in [-0.2, 0) is 0 Å². The molecule has 5 heteroatoms. The van der Waals surface area contributed by atoms with Crippen LogP contribution in [0, 0.1) is 12.7 Å². The summed E-state index contributed by atoms with van der Waals surface area (Å²) < 4.78 is 14.8. The summed E-state index contributed by atoms with van der Waals surface area (Å²) in [6, 6.07) is 12.3. The summed E-state index contributed by atoms with van der Waals surface area (Å²) in [6.07, 6.45) is 0. The van der Waals surface area contributed by atoms with Gasteiger partial charge in [-0.05, 0) is 43.7 Å². The number of aromatic nitrogens is 1. The third kappa shape index (κ3) is 2.97. The topological polar surface area (TPSA) is 33.2 Å². The van der Waals surface area contributed by atoms with Crippen molar-refractivity contribution in [2.45, 2.75) is 19.9 Å². The van der Waals surface area contributed by atoms with E-state index in [9.17, 15) is 9.18 Å². The average Bonchev–Trinajstić information content (AvgIpc) is 2.99. The fourth-order valence-corrected chi connectivity index (χ4v) is 3.40. The molecule has 1 unspecified atom stereocenters. The van der Waals surface area contributed by atoms with Crippen molar-refractivity contribution in [1.82, 2.24) is 9.88 Å². The van der Waals surface area contributed by atoms with Crippen LogP contribution in [0.5, 0.6) is 0 Å². The Hall–Kier alpha value is -2.27. The molecule has 0 bridgehead atoms. The highest BCUT2D eigenvalue weighted by atomic mass is 32.1. The van der Waals surface area contributed by atoms with E-state index in [4.69, 9.17) is 0 Å².